The predicted molar refractivity (Wildman–Crippen MR) is 127 cm³/mol. The molecule has 10 heteroatoms. The minimum Gasteiger partial charge on any atom is -0.422 e. The van der Waals surface area contributed by atoms with Crippen LogP contribution in [0.3, 0.4) is 0 Å². The molecule has 0 atom stereocenters. The van der Waals surface area contributed by atoms with Gasteiger partial charge in [-0.3, -0.25) is 0 Å². The van der Waals surface area contributed by atoms with E-state index < -0.39 is 27.2 Å². The number of nitrogens with zero attached hydrogens (tertiary/aromatic N) is 2. The molecule has 0 bridgehead atoms. The molecule has 0 aliphatic heterocycles. The van der Waals surface area contributed by atoms with Crippen LogP contribution < -0.4 is 5.63 Å². The van der Waals surface area contributed by atoms with E-state index in [9.17, 15) is 26.4 Å². The number of rotatable bonds is 4. The smallest absolute Gasteiger partial charge is 0.416 e. The summed E-state index contributed by atoms with van der Waals surface area (Å²) in [7, 11) is -4.17. The molecule has 3 aromatic carbocycles. The first-order valence-corrected chi connectivity index (χ1v) is 12.1. The van der Waals surface area contributed by atoms with Gasteiger partial charge < -0.3 is 4.42 Å². The fraction of sp³-hybridized carbons (Fsp3) is 0.0769. The molecule has 0 saturated heterocycles. The van der Waals surface area contributed by atoms with Crippen LogP contribution in [0.4, 0.5) is 13.2 Å². The quantitative estimate of drug-likeness (QED) is 0.285. The van der Waals surface area contributed by atoms with Gasteiger partial charge in [0, 0.05) is 5.39 Å². The lowest BCUT2D eigenvalue weighted by molar-refractivity contribution is -0.137. The Morgan fingerprint density at radius 3 is 2.25 bits per heavy atom. The van der Waals surface area contributed by atoms with Gasteiger partial charge in [0.15, 0.2) is 0 Å². The lowest BCUT2D eigenvalue weighted by atomic mass is 10.1. The normalized spacial score (nSPS) is 12.2. The minimum atomic E-state index is -4.55. The van der Waals surface area contributed by atoms with Gasteiger partial charge >= 0.3 is 11.8 Å². The van der Waals surface area contributed by atoms with Gasteiger partial charge in [-0.05, 0) is 55.5 Å². The molecule has 2 aromatic heterocycles. The second-order valence-corrected chi connectivity index (χ2v) is 10.0. The summed E-state index contributed by atoms with van der Waals surface area (Å²) in [5.74, 6) is 0. The van der Waals surface area contributed by atoms with E-state index >= 15 is 0 Å². The Bertz CT molecular complexity index is 1750. The number of hydrogen-bond donors (Lipinski definition) is 0. The Labute approximate surface area is 203 Å². The molecule has 0 unspecified atom stereocenters. The number of aryl methyl sites for hydroxylation is 1. The Kier molecular flexibility index (Phi) is 5.55. The van der Waals surface area contributed by atoms with Gasteiger partial charge in [-0.1, -0.05) is 35.9 Å². The van der Waals surface area contributed by atoms with Crippen molar-refractivity contribution in [2.24, 2.45) is 0 Å². The van der Waals surface area contributed by atoms with Gasteiger partial charge in [0.1, 0.15) is 16.2 Å². The second kappa shape index (κ2) is 8.49. The molecule has 0 fully saturated rings. The van der Waals surface area contributed by atoms with Gasteiger partial charge in [0.05, 0.1) is 27.9 Å². The maximum Gasteiger partial charge on any atom is 0.416 e. The summed E-state index contributed by atoms with van der Waals surface area (Å²) in [4.78, 5) is 12.7. The summed E-state index contributed by atoms with van der Waals surface area (Å²) in [6.07, 6.45) is -3.47. The molecule has 5 rings (SSSR count). The highest BCUT2D eigenvalue weighted by Crippen LogP contribution is 2.34. The van der Waals surface area contributed by atoms with E-state index in [1.807, 2.05) is 6.92 Å². The van der Waals surface area contributed by atoms with E-state index in [1.54, 1.807) is 36.4 Å². The molecule has 0 spiro atoms. The Morgan fingerprint density at radius 1 is 0.917 bits per heavy atom. The van der Waals surface area contributed by atoms with Crippen molar-refractivity contribution in [3.8, 4) is 16.9 Å². The van der Waals surface area contributed by atoms with Crippen molar-refractivity contribution in [3.63, 3.8) is 0 Å². The number of halogens is 3. The van der Waals surface area contributed by atoms with Gasteiger partial charge in [-0.2, -0.15) is 18.3 Å². The number of alkyl halides is 3. The van der Waals surface area contributed by atoms with Crippen LogP contribution in [-0.2, 0) is 16.0 Å². The molecule has 0 saturated carbocycles. The average molecular weight is 510 g/mol. The highest BCUT2D eigenvalue weighted by molar-refractivity contribution is 7.91. The molecule has 0 aliphatic carbocycles. The lowest BCUT2D eigenvalue weighted by Crippen LogP contribution is -2.11. The highest BCUT2D eigenvalue weighted by atomic mass is 32.2. The summed E-state index contributed by atoms with van der Waals surface area (Å²) in [6.45, 7) is 1.81. The summed E-state index contributed by atoms with van der Waals surface area (Å²) in [6, 6.07) is 18.4. The van der Waals surface area contributed by atoms with Crippen LogP contribution in [0.5, 0.6) is 0 Å². The van der Waals surface area contributed by atoms with Crippen molar-refractivity contribution in [3.05, 3.63) is 107 Å². The number of aromatic nitrogens is 2. The third-order valence-corrected chi connectivity index (χ3v) is 7.46. The summed E-state index contributed by atoms with van der Waals surface area (Å²) < 4.78 is 73.0. The fourth-order valence-electron chi connectivity index (χ4n) is 3.84. The molecule has 0 N–H and O–H groups in total. The molecular formula is C26H17F3N2O4S. The van der Waals surface area contributed by atoms with E-state index in [-0.39, 0.29) is 26.7 Å². The first-order chi connectivity index (χ1) is 17.1. The number of fused-ring (bicyclic) bond motifs is 1. The Morgan fingerprint density at radius 2 is 1.58 bits per heavy atom. The van der Waals surface area contributed by atoms with Gasteiger partial charge in [0.2, 0.25) is 9.84 Å². The van der Waals surface area contributed by atoms with Crippen LogP contribution >= 0.6 is 0 Å². The monoisotopic (exact) mass is 510 g/mol. The number of para-hydroxylation sites is 1. The van der Waals surface area contributed by atoms with Crippen molar-refractivity contribution in [2.45, 2.75) is 22.9 Å². The summed E-state index contributed by atoms with van der Waals surface area (Å²) in [5.41, 5.74) is -0.623. The SMILES string of the molecule is Cc1ccc(S(=O)(=O)c2cnn(-c3ccc(C(F)(F)F)cc3)c2-c2cc3ccccc3oc2=O)cc1. The molecule has 182 valence electrons. The Balaban J connectivity index is 1.78. The van der Waals surface area contributed by atoms with Crippen LogP contribution in [-0.4, -0.2) is 18.2 Å². The number of sulfone groups is 1. The molecular weight excluding hydrogens is 493 g/mol. The van der Waals surface area contributed by atoms with Gasteiger partial charge in [-0.15, -0.1) is 0 Å². The van der Waals surface area contributed by atoms with Crippen molar-refractivity contribution in [2.75, 3.05) is 0 Å². The van der Waals surface area contributed by atoms with Crippen molar-refractivity contribution in [1.82, 2.24) is 9.78 Å². The minimum absolute atomic E-state index is 0.0218. The molecule has 36 heavy (non-hydrogen) atoms. The first kappa shape index (κ1) is 23.6. The second-order valence-electron chi connectivity index (χ2n) is 8.12. The third kappa shape index (κ3) is 4.09. The third-order valence-electron chi connectivity index (χ3n) is 5.69. The molecule has 5 aromatic rings. The van der Waals surface area contributed by atoms with Crippen molar-refractivity contribution >= 4 is 20.8 Å². The zero-order valence-corrected chi connectivity index (χ0v) is 19.5. The lowest BCUT2D eigenvalue weighted by Gasteiger charge is -2.12. The standard InChI is InChI=1S/C26H17F3N2O4S/c1-16-6-12-20(13-7-16)36(33,34)23-15-30-31(19-10-8-18(9-11-19)26(27,28)29)24(23)21-14-17-4-2-3-5-22(17)35-25(21)32/h2-15H,1H3. The highest BCUT2D eigenvalue weighted by Gasteiger charge is 2.31. The van der Waals surface area contributed by atoms with E-state index in [4.69, 9.17) is 4.42 Å². The van der Waals surface area contributed by atoms with E-state index in [1.165, 1.54) is 18.2 Å². The van der Waals surface area contributed by atoms with Gasteiger partial charge in [0.25, 0.3) is 0 Å². The number of benzene rings is 3. The fourth-order valence-corrected chi connectivity index (χ4v) is 5.22. The molecule has 0 amide bonds. The molecule has 2 heterocycles. The van der Waals surface area contributed by atoms with Crippen LogP contribution in [0.25, 0.3) is 27.9 Å². The Hall–Kier alpha value is -4.18. The average Bonchev–Trinajstić information content (AvgIpc) is 3.29. The van der Waals surface area contributed by atoms with E-state index in [2.05, 4.69) is 5.10 Å². The van der Waals surface area contributed by atoms with Crippen LogP contribution in [0.1, 0.15) is 11.1 Å². The van der Waals surface area contributed by atoms with Crippen LogP contribution in [0.2, 0.25) is 0 Å². The molecule has 6 nitrogen and oxygen atoms in total. The maximum absolute atomic E-state index is 13.6. The molecule has 0 aliphatic rings. The van der Waals surface area contributed by atoms with E-state index in [0.29, 0.717) is 11.0 Å². The van der Waals surface area contributed by atoms with Crippen LogP contribution in [0.15, 0.2) is 104 Å². The summed E-state index contributed by atoms with van der Waals surface area (Å²) in [5, 5.41) is 4.69. The van der Waals surface area contributed by atoms with Crippen molar-refractivity contribution in [1.29, 1.82) is 0 Å². The molecule has 0 radical (unpaired) electrons. The predicted octanol–water partition coefficient (Wildman–Crippen LogP) is 5.81. The van der Waals surface area contributed by atoms with Crippen LogP contribution in [0, 0.1) is 6.92 Å². The zero-order chi connectivity index (χ0) is 25.7. The maximum atomic E-state index is 13.6. The summed E-state index contributed by atoms with van der Waals surface area (Å²) >= 11 is 0. The topological polar surface area (TPSA) is 82.2 Å². The largest absolute Gasteiger partial charge is 0.422 e. The van der Waals surface area contributed by atoms with Crippen molar-refractivity contribution < 1.29 is 26.0 Å². The van der Waals surface area contributed by atoms with E-state index in [0.717, 1.165) is 40.7 Å². The first-order valence-electron chi connectivity index (χ1n) is 10.7. The number of hydrogen-bond acceptors (Lipinski definition) is 5. The zero-order valence-electron chi connectivity index (χ0n) is 18.7. The van der Waals surface area contributed by atoms with Gasteiger partial charge in [-0.25, -0.2) is 17.9 Å².